The van der Waals surface area contributed by atoms with Crippen molar-refractivity contribution >= 4 is 11.5 Å². The third kappa shape index (κ3) is 4.33. The van der Waals surface area contributed by atoms with E-state index in [0.29, 0.717) is 12.8 Å². The molecule has 2 N–H and O–H groups in total. The molecular weight excluding hydrogens is 186 g/mol. The van der Waals surface area contributed by atoms with Gasteiger partial charge in [-0.25, -0.2) is 0 Å². The SMILES string of the molecule is CC#CCC(=O)CCc1ccc(N)cc1. The van der Waals surface area contributed by atoms with Crippen LogP contribution in [0.1, 0.15) is 25.3 Å². The molecule has 0 unspecified atom stereocenters. The number of carbonyl (C=O) groups is 1. The van der Waals surface area contributed by atoms with Crippen molar-refractivity contribution in [3.8, 4) is 11.8 Å². The number of nitrogen functional groups attached to an aromatic ring is 1. The smallest absolute Gasteiger partial charge is 0.145 e. The standard InChI is InChI=1S/C13H15NO/c1-2-3-4-13(15)10-7-11-5-8-12(14)9-6-11/h5-6,8-9H,4,7,10,14H2,1H3. The molecule has 0 radical (unpaired) electrons. The number of Topliss-reactive ketones (excluding diaryl/α,β-unsaturated/α-hetero) is 1. The number of rotatable bonds is 4. The Kier molecular flexibility index (Phi) is 4.43. The van der Waals surface area contributed by atoms with Crippen LogP contribution in [-0.4, -0.2) is 5.78 Å². The molecule has 0 aromatic heterocycles. The van der Waals surface area contributed by atoms with Gasteiger partial charge in [-0.1, -0.05) is 18.1 Å². The summed E-state index contributed by atoms with van der Waals surface area (Å²) in [6, 6.07) is 7.61. The van der Waals surface area contributed by atoms with Gasteiger partial charge >= 0.3 is 0 Å². The lowest BCUT2D eigenvalue weighted by Gasteiger charge is -2.00. The Balaban J connectivity index is 2.39. The zero-order chi connectivity index (χ0) is 11.1. The molecule has 0 aliphatic carbocycles. The van der Waals surface area contributed by atoms with Crippen molar-refractivity contribution in [2.75, 3.05) is 5.73 Å². The van der Waals surface area contributed by atoms with Gasteiger partial charge in [-0.2, -0.15) is 0 Å². The Labute approximate surface area is 90.5 Å². The van der Waals surface area contributed by atoms with Gasteiger partial charge in [0.25, 0.3) is 0 Å². The number of benzene rings is 1. The first kappa shape index (κ1) is 11.3. The summed E-state index contributed by atoms with van der Waals surface area (Å²) in [5, 5.41) is 0. The molecule has 0 bridgehead atoms. The van der Waals surface area contributed by atoms with Crippen molar-refractivity contribution in [2.24, 2.45) is 0 Å². The van der Waals surface area contributed by atoms with Gasteiger partial charge in [-0.3, -0.25) is 4.79 Å². The lowest BCUT2D eigenvalue weighted by Crippen LogP contribution is -1.98. The van der Waals surface area contributed by atoms with Crippen molar-refractivity contribution < 1.29 is 4.79 Å². The minimum atomic E-state index is 0.196. The molecule has 0 aliphatic rings. The van der Waals surface area contributed by atoms with E-state index < -0.39 is 0 Å². The molecule has 0 heterocycles. The average molecular weight is 201 g/mol. The highest BCUT2D eigenvalue weighted by atomic mass is 16.1. The number of hydrogen-bond donors (Lipinski definition) is 1. The predicted octanol–water partition coefficient (Wildman–Crippen LogP) is 2.18. The van der Waals surface area contributed by atoms with Crippen LogP contribution in [0.15, 0.2) is 24.3 Å². The third-order valence-electron chi connectivity index (χ3n) is 2.13. The van der Waals surface area contributed by atoms with Crippen molar-refractivity contribution in [2.45, 2.75) is 26.2 Å². The maximum atomic E-state index is 11.3. The topological polar surface area (TPSA) is 43.1 Å². The summed E-state index contributed by atoms with van der Waals surface area (Å²) >= 11 is 0. The Bertz CT molecular complexity index is 381. The van der Waals surface area contributed by atoms with Crippen LogP contribution in [0.4, 0.5) is 5.69 Å². The maximum absolute atomic E-state index is 11.3. The highest BCUT2D eigenvalue weighted by molar-refractivity contribution is 5.81. The molecule has 2 nitrogen and oxygen atoms in total. The van der Waals surface area contributed by atoms with E-state index in [9.17, 15) is 4.79 Å². The number of hydrogen-bond acceptors (Lipinski definition) is 2. The summed E-state index contributed by atoms with van der Waals surface area (Å²) in [6.07, 6.45) is 1.69. The second-order valence-corrected chi connectivity index (χ2v) is 3.38. The van der Waals surface area contributed by atoms with Gasteiger partial charge in [-0.05, 0) is 31.0 Å². The van der Waals surface area contributed by atoms with Crippen LogP contribution >= 0.6 is 0 Å². The summed E-state index contributed by atoms with van der Waals surface area (Å²) in [5.74, 6) is 5.69. The van der Waals surface area contributed by atoms with Gasteiger partial charge in [0.1, 0.15) is 5.78 Å². The fourth-order valence-electron chi connectivity index (χ4n) is 1.24. The number of ketones is 1. The van der Waals surface area contributed by atoms with E-state index in [1.54, 1.807) is 6.92 Å². The van der Waals surface area contributed by atoms with Gasteiger partial charge in [0.15, 0.2) is 0 Å². The van der Waals surface area contributed by atoms with E-state index in [0.717, 1.165) is 17.7 Å². The summed E-state index contributed by atoms with van der Waals surface area (Å²) in [5.41, 5.74) is 7.46. The number of aryl methyl sites for hydroxylation is 1. The van der Waals surface area contributed by atoms with Crippen LogP contribution in [0, 0.1) is 11.8 Å². The Morgan fingerprint density at radius 3 is 2.60 bits per heavy atom. The molecule has 0 spiro atoms. The highest BCUT2D eigenvalue weighted by Crippen LogP contribution is 2.08. The van der Waals surface area contributed by atoms with Crippen LogP contribution in [0.5, 0.6) is 0 Å². The molecule has 1 aromatic rings. The molecular formula is C13H15NO. The van der Waals surface area contributed by atoms with Crippen LogP contribution in [0.2, 0.25) is 0 Å². The molecule has 1 rings (SSSR count). The lowest BCUT2D eigenvalue weighted by atomic mass is 10.1. The largest absolute Gasteiger partial charge is 0.399 e. The van der Waals surface area contributed by atoms with Crippen molar-refractivity contribution in [3.63, 3.8) is 0 Å². The van der Waals surface area contributed by atoms with E-state index in [4.69, 9.17) is 5.73 Å². The Morgan fingerprint density at radius 2 is 2.00 bits per heavy atom. The summed E-state index contributed by atoms with van der Waals surface area (Å²) in [6.45, 7) is 1.74. The minimum absolute atomic E-state index is 0.196. The van der Waals surface area contributed by atoms with E-state index >= 15 is 0 Å². The second-order valence-electron chi connectivity index (χ2n) is 3.38. The molecule has 0 saturated carbocycles. The third-order valence-corrected chi connectivity index (χ3v) is 2.13. The number of carbonyl (C=O) groups excluding carboxylic acids is 1. The fraction of sp³-hybridized carbons (Fsp3) is 0.308. The van der Waals surface area contributed by atoms with E-state index in [1.807, 2.05) is 24.3 Å². The molecule has 0 saturated heterocycles. The van der Waals surface area contributed by atoms with Crippen molar-refractivity contribution in [3.05, 3.63) is 29.8 Å². The number of anilines is 1. The van der Waals surface area contributed by atoms with Gasteiger partial charge in [0, 0.05) is 12.1 Å². The quantitative estimate of drug-likeness (QED) is 0.599. The summed E-state index contributed by atoms with van der Waals surface area (Å²) < 4.78 is 0. The van der Waals surface area contributed by atoms with Gasteiger partial charge < -0.3 is 5.73 Å². The van der Waals surface area contributed by atoms with Gasteiger partial charge in [0.2, 0.25) is 0 Å². The first-order chi connectivity index (χ1) is 7.22. The highest BCUT2D eigenvalue weighted by Gasteiger charge is 2.00. The molecule has 0 atom stereocenters. The summed E-state index contributed by atoms with van der Waals surface area (Å²) in [4.78, 5) is 11.3. The molecule has 2 heteroatoms. The zero-order valence-corrected chi connectivity index (χ0v) is 8.92. The van der Waals surface area contributed by atoms with E-state index in [1.165, 1.54) is 0 Å². The first-order valence-electron chi connectivity index (χ1n) is 4.98. The van der Waals surface area contributed by atoms with E-state index in [2.05, 4.69) is 11.8 Å². The van der Waals surface area contributed by atoms with Gasteiger partial charge in [0.05, 0.1) is 6.42 Å². The normalized spacial score (nSPS) is 9.13. The Hall–Kier alpha value is -1.75. The summed E-state index contributed by atoms with van der Waals surface area (Å²) in [7, 11) is 0. The molecule has 0 amide bonds. The Morgan fingerprint density at radius 1 is 1.33 bits per heavy atom. The minimum Gasteiger partial charge on any atom is -0.399 e. The van der Waals surface area contributed by atoms with Crippen LogP contribution in [0.25, 0.3) is 0 Å². The van der Waals surface area contributed by atoms with Gasteiger partial charge in [-0.15, -0.1) is 5.92 Å². The second kappa shape index (κ2) is 5.87. The predicted molar refractivity (Wildman–Crippen MR) is 62.2 cm³/mol. The maximum Gasteiger partial charge on any atom is 0.145 e. The molecule has 15 heavy (non-hydrogen) atoms. The number of nitrogens with two attached hydrogens (primary N) is 1. The fourth-order valence-corrected chi connectivity index (χ4v) is 1.24. The van der Waals surface area contributed by atoms with Crippen molar-refractivity contribution in [1.82, 2.24) is 0 Å². The molecule has 0 aliphatic heterocycles. The van der Waals surface area contributed by atoms with E-state index in [-0.39, 0.29) is 5.78 Å². The van der Waals surface area contributed by atoms with Crippen molar-refractivity contribution in [1.29, 1.82) is 0 Å². The average Bonchev–Trinajstić information content (AvgIpc) is 2.25. The molecule has 78 valence electrons. The first-order valence-corrected chi connectivity index (χ1v) is 4.98. The molecule has 1 aromatic carbocycles. The zero-order valence-electron chi connectivity index (χ0n) is 8.92. The van der Waals surface area contributed by atoms with Crippen LogP contribution < -0.4 is 5.73 Å². The monoisotopic (exact) mass is 201 g/mol. The lowest BCUT2D eigenvalue weighted by molar-refractivity contribution is -0.118. The van der Waals surface area contributed by atoms with Crippen LogP contribution in [-0.2, 0) is 11.2 Å². The van der Waals surface area contributed by atoms with Crippen LogP contribution in [0.3, 0.4) is 0 Å². The molecule has 0 fully saturated rings.